The third kappa shape index (κ3) is 2.36. The minimum absolute atomic E-state index is 0.0225. The van der Waals surface area contributed by atoms with Gasteiger partial charge >= 0.3 is 0 Å². The number of hydrogen-bond donors (Lipinski definition) is 2. The monoisotopic (exact) mass is 220 g/mol. The molecule has 2 rings (SSSR count). The zero-order chi connectivity index (χ0) is 11.4. The lowest BCUT2D eigenvalue weighted by molar-refractivity contribution is -0.119. The highest BCUT2D eigenvalue weighted by Crippen LogP contribution is 2.42. The summed E-state index contributed by atoms with van der Waals surface area (Å²) in [5.41, 5.74) is 5.74. The molecule has 16 heavy (non-hydrogen) atoms. The molecule has 0 unspecified atom stereocenters. The minimum atomic E-state index is -0.0225. The summed E-state index contributed by atoms with van der Waals surface area (Å²) in [6.45, 7) is 0.584. The smallest absolute Gasteiger partial charge is 0.226 e. The molecule has 1 aliphatic carbocycles. The molecule has 5 heteroatoms. The van der Waals surface area contributed by atoms with Gasteiger partial charge in [-0.2, -0.15) is 0 Å². The van der Waals surface area contributed by atoms with Crippen LogP contribution in [0.2, 0.25) is 0 Å². The molecule has 1 fully saturated rings. The number of rotatable bonds is 4. The second-order valence-corrected chi connectivity index (χ2v) is 4.37. The normalized spacial score (nSPS) is 17.6. The number of hydrogen-bond acceptors (Lipinski definition) is 4. The van der Waals surface area contributed by atoms with E-state index in [1.165, 1.54) is 12.6 Å². The Morgan fingerprint density at radius 1 is 1.50 bits per heavy atom. The van der Waals surface area contributed by atoms with Crippen LogP contribution in [-0.2, 0) is 4.79 Å². The Hall–Kier alpha value is -1.49. The highest BCUT2D eigenvalue weighted by Gasteiger charge is 2.37. The maximum atomic E-state index is 11.7. The van der Waals surface area contributed by atoms with Crippen molar-refractivity contribution < 1.29 is 4.79 Å². The molecule has 0 aromatic carbocycles. The van der Waals surface area contributed by atoms with Crippen LogP contribution in [0.3, 0.4) is 0 Å². The Bertz CT molecular complexity index is 356. The van der Waals surface area contributed by atoms with Gasteiger partial charge in [-0.25, -0.2) is 4.98 Å². The van der Waals surface area contributed by atoms with Crippen LogP contribution in [0, 0.1) is 5.41 Å². The lowest BCUT2D eigenvalue weighted by Gasteiger charge is -2.40. The number of nitrogens with one attached hydrogen (secondary N) is 1. The Morgan fingerprint density at radius 3 is 2.81 bits per heavy atom. The standard InChI is InChI=1S/C11H16N4O/c12-8-11(2-1-3-11)6-10(16)15-9-7-13-4-5-14-9/h4-5,7H,1-3,6,8,12H2,(H,14,15,16). The van der Waals surface area contributed by atoms with Crippen LogP contribution in [0.1, 0.15) is 25.7 Å². The minimum Gasteiger partial charge on any atom is -0.330 e. The second kappa shape index (κ2) is 4.57. The number of nitrogens with two attached hydrogens (primary N) is 1. The number of aromatic nitrogens is 2. The van der Waals surface area contributed by atoms with Gasteiger partial charge in [0.2, 0.25) is 5.91 Å². The van der Waals surface area contributed by atoms with E-state index in [0.717, 1.165) is 12.8 Å². The first-order valence-corrected chi connectivity index (χ1v) is 5.50. The van der Waals surface area contributed by atoms with Crippen LogP contribution in [-0.4, -0.2) is 22.4 Å². The van der Waals surface area contributed by atoms with E-state index in [1.807, 2.05) is 0 Å². The largest absolute Gasteiger partial charge is 0.330 e. The lowest BCUT2D eigenvalue weighted by atomic mass is 9.66. The maximum Gasteiger partial charge on any atom is 0.226 e. The molecule has 0 atom stereocenters. The molecule has 1 saturated carbocycles. The van der Waals surface area contributed by atoms with Crippen molar-refractivity contribution in [2.24, 2.45) is 11.1 Å². The van der Waals surface area contributed by atoms with Crippen molar-refractivity contribution in [2.45, 2.75) is 25.7 Å². The molecule has 0 bridgehead atoms. The van der Waals surface area contributed by atoms with Gasteiger partial charge in [0.25, 0.3) is 0 Å². The van der Waals surface area contributed by atoms with Gasteiger partial charge < -0.3 is 11.1 Å². The van der Waals surface area contributed by atoms with Crippen molar-refractivity contribution in [1.29, 1.82) is 0 Å². The van der Waals surface area contributed by atoms with Gasteiger partial charge in [0.15, 0.2) is 5.82 Å². The molecule has 1 aliphatic rings. The summed E-state index contributed by atoms with van der Waals surface area (Å²) >= 11 is 0. The van der Waals surface area contributed by atoms with Crippen LogP contribution in [0.5, 0.6) is 0 Å². The van der Waals surface area contributed by atoms with Gasteiger partial charge in [0, 0.05) is 18.8 Å². The molecular formula is C11H16N4O. The lowest BCUT2D eigenvalue weighted by Crippen LogP contribution is -2.40. The SMILES string of the molecule is NCC1(CC(=O)Nc2cnccn2)CCC1. The average Bonchev–Trinajstić information content (AvgIpc) is 2.25. The Balaban J connectivity index is 1.89. The Labute approximate surface area is 94.5 Å². The van der Waals surface area contributed by atoms with Crippen LogP contribution >= 0.6 is 0 Å². The summed E-state index contributed by atoms with van der Waals surface area (Å²) in [6.07, 6.45) is 8.43. The molecule has 1 amide bonds. The predicted octanol–water partition coefficient (Wildman–Crippen LogP) is 0.934. The first-order valence-electron chi connectivity index (χ1n) is 5.50. The van der Waals surface area contributed by atoms with Gasteiger partial charge in [-0.05, 0) is 24.8 Å². The van der Waals surface area contributed by atoms with Crippen LogP contribution < -0.4 is 11.1 Å². The van der Waals surface area contributed by atoms with Crippen molar-refractivity contribution in [1.82, 2.24) is 9.97 Å². The zero-order valence-electron chi connectivity index (χ0n) is 9.15. The molecule has 0 aliphatic heterocycles. The molecule has 86 valence electrons. The van der Waals surface area contributed by atoms with Crippen LogP contribution in [0.25, 0.3) is 0 Å². The highest BCUT2D eigenvalue weighted by atomic mass is 16.1. The fourth-order valence-electron chi connectivity index (χ4n) is 2.02. The van der Waals surface area contributed by atoms with Gasteiger partial charge in [0.1, 0.15) is 0 Å². The van der Waals surface area contributed by atoms with Crippen molar-refractivity contribution in [3.8, 4) is 0 Å². The summed E-state index contributed by atoms with van der Waals surface area (Å²) in [5, 5.41) is 2.73. The molecular weight excluding hydrogens is 204 g/mol. The topological polar surface area (TPSA) is 80.9 Å². The van der Waals surface area contributed by atoms with Crippen molar-refractivity contribution in [3.63, 3.8) is 0 Å². The molecule has 5 nitrogen and oxygen atoms in total. The van der Waals surface area contributed by atoms with E-state index in [-0.39, 0.29) is 11.3 Å². The first kappa shape index (κ1) is 11.0. The van der Waals surface area contributed by atoms with E-state index in [2.05, 4.69) is 15.3 Å². The van der Waals surface area contributed by atoms with E-state index >= 15 is 0 Å². The van der Waals surface area contributed by atoms with E-state index < -0.39 is 0 Å². The molecule has 1 aromatic rings. The number of carbonyl (C=O) groups is 1. The van der Waals surface area contributed by atoms with Crippen molar-refractivity contribution in [2.75, 3.05) is 11.9 Å². The van der Waals surface area contributed by atoms with Crippen molar-refractivity contribution >= 4 is 11.7 Å². The summed E-state index contributed by atoms with van der Waals surface area (Å²) < 4.78 is 0. The van der Waals surface area contributed by atoms with Crippen LogP contribution in [0.4, 0.5) is 5.82 Å². The quantitative estimate of drug-likeness (QED) is 0.791. The second-order valence-electron chi connectivity index (χ2n) is 4.37. The van der Waals surface area contributed by atoms with Gasteiger partial charge in [-0.1, -0.05) is 6.42 Å². The summed E-state index contributed by atoms with van der Waals surface area (Å²) in [4.78, 5) is 19.6. The summed E-state index contributed by atoms with van der Waals surface area (Å²) in [6, 6.07) is 0. The fraction of sp³-hybridized carbons (Fsp3) is 0.545. The van der Waals surface area contributed by atoms with E-state index in [1.54, 1.807) is 12.4 Å². The van der Waals surface area contributed by atoms with E-state index in [0.29, 0.717) is 18.8 Å². The number of nitrogens with zero attached hydrogens (tertiary/aromatic N) is 2. The summed E-state index contributed by atoms with van der Waals surface area (Å²) in [5.74, 6) is 0.477. The fourth-order valence-corrected chi connectivity index (χ4v) is 2.02. The maximum absolute atomic E-state index is 11.7. The molecule has 0 saturated heterocycles. The highest BCUT2D eigenvalue weighted by molar-refractivity contribution is 5.90. The summed E-state index contributed by atoms with van der Waals surface area (Å²) in [7, 11) is 0. The number of anilines is 1. The molecule has 0 radical (unpaired) electrons. The predicted molar refractivity (Wildman–Crippen MR) is 60.6 cm³/mol. The Kier molecular flexibility index (Phi) is 3.14. The van der Waals surface area contributed by atoms with E-state index in [4.69, 9.17) is 5.73 Å². The molecule has 1 aromatic heterocycles. The average molecular weight is 220 g/mol. The first-order chi connectivity index (χ1) is 7.74. The number of amides is 1. The Morgan fingerprint density at radius 2 is 2.31 bits per heavy atom. The van der Waals surface area contributed by atoms with Gasteiger partial charge in [-0.15, -0.1) is 0 Å². The third-order valence-corrected chi connectivity index (χ3v) is 3.21. The molecule has 1 heterocycles. The zero-order valence-corrected chi connectivity index (χ0v) is 9.15. The van der Waals surface area contributed by atoms with Gasteiger partial charge in [0.05, 0.1) is 6.20 Å². The molecule has 0 spiro atoms. The van der Waals surface area contributed by atoms with Gasteiger partial charge in [-0.3, -0.25) is 9.78 Å². The number of carbonyl (C=O) groups excluding carboxylic acids is 1. The third-order valence-electron chi connectivity index (χ3n) is 3.21. The van der Waals surface area contributed by atoms with Crippen LogP contribution in [0.15, 0.2) is 18.6 Å². The van der Waals surface area contributed by atoms with E-state index in [9.17, 15) is 4.79 Å². The molecule has 3 N–H and O–H groups in total. The van der Waals surface area contributed by atoms with Crippen molar-refractivity contribution in [3.05, 3.63) is 18.6 Å².